The van der Waals surface area contributed by atoms with Crippen molar-refractivity contribution in [3.05, 3.63) is 131 Å². The molecule has 0 fully saturated rings. The Kier molecular flexibility index (Phi) is 11.5. The molecule has 5 nitrogen and oxygen atoms in total. The zero-order chi connectivity index (χ0) is 41.2. The smallest absolute Gasteiger partial charge is 0.509 e. The van der Waals surface area contributed by atoms with E-state index in [2.05, 4.69) is 128 Å². The van der Waals surface area contributed by atoms with Crippen LogP contribution in [0.5, 0.6) is 11.5 Å². The second-order valence-electron chi connectivity index (χ2n) is 18.0. The van der Waals surface area contributed by atoms with Crippen molar-refractivity contribution in [3.8, 4) is 34.1 Å². The maximum atomic E-state index is 13.9. The van der Waals surface area contributed by atoms with Crippen molar-refractivity contribution in [2.45, 2.75) is 111 Å². The zero-order valence-corrected chi connectivity index (χ0v) is 37.4. The van der Waals surface area contributed by atoms with E-state index in [0.717, 1.165) is 63.1 Å². The van der Waals surface area contributed by atoms with E-state index in [1.807, 2.05) is 42.5 Å². The number of fused-ring (bicyclic) bond motifs is 3. The van der Waals surface area contributed by atoms with Crippen LogP contribution >= 0.6 is 0 Å². The number of halogens is 3. The van der Waals surface area contributed by atoms with Gasteiger partial charge >= 0.3 is 27.2 Å². The fraction of sp³-hybridized carbons (Fsp3) is 0.347. The van der Waals surface area contributed by atoms with Gasteiger partial charge in [0.2, 0.25) is 0 Å². The molecular weight excluding hydrogens is 913 g/mol. The molecule has 4 aromatic carbocycles. The minimum atomic E-state index is -4.52. The second-order valence-corrected chi connectivity index (χ2v) is 18.0. The third-order valence-electron chi connectivity index (χ3n) is 11.0. The third-order valence-corrected chi connectivity index (χ3v) is 11.0. The van der Waals surface area contributed by atoms with E-state index >= 15 is 0 Å². The molecule has 0 spiro atoms. The molecule has 0 saturated heterocycles. The average Bonchev–Trinajstić information content (AvgIpc) is 3.71. The summed E-state index contributed by atoms with van der Waals surface area (Å²) in [5.41, 5.74) is 7.48. The average molecular weight is 964 g/mol. The van der Waals surface area contributed by atoms with E-state index in [9.17, 15) is 13.2 Å². The zero-order valence-electron chi connectivity index (χ0n) is 35.1. The Morgan fingerprint density at radius 1 is 0.724 bits per heavy atom. The summed E-state index contributed by atoms with van der Waals surface area (Å²) in [4.78, 5) is 4.37. The summed E-state index contributed by atoms with van der Waals surface area (Å²) in [6, 6.07) is 33.4. The number of pyridine rings is 1. The molecule has 0 saturated carbocycles. The summed E-state index contributed by atoms with van der Waals surface area (Å²) in [5, 5.41) is 7.06. The summed E-state index contributed by atoms with van der Waals surface area (Å²) in [6.07, 6.45) is -2.45. The van der Waals surface area contributed by atoms with Crippen LogP contribution < -0.4 is 4.74 Å². The molecule has 0 aliphatic carbocycles. The molecule has 7 aromatic rings. The molecule has 0 aliphatic rings. The summed E-state index contributed by atoms with van der Waals surface area (Å²) in [5.74, 6) is 1.16. The standard InChI is InChI=1S/C49H51F3N4O.Pt/c1-12-48(10,11)45-43(31-17-19-32(20-18-31)46(4,5)6)44(30(2)3)54-56(45)35-25-34(47(7,8)9)26-37(28-35)57-36-21-22-39-38-15-13-14-16-40(38)55(41(39)29-36)42-27-33(23-24-53-42)49(50,51)52;/h13-27,30H,12H2,1-11H3;/q-2;+2. The molecule has 0 radical (unpaired) electrons. The first-order valence-electron chi connectivity index (χ1n) is 19.7. The minimum absolute atomic E-state index is 0. The molecule has 7 rings (SSSR count). The molecule has 0 aliphatic heterocycles. The first kappa shape index (κ1) is 42.9. The van der Waals surface area contributed by atoms with Gasteiger partial charge < -0.3 is 9.30 Å². The van der Waals surface area contributed by atoms with Crippen molar-refractivity contribution in [1.82, 2.24) is 19.3 Å². The Bertz CT molecular complexity index is 2600. The number of ether oxygens (including phenoxy) is 1. The quantitative estimate of drug-likeness (QED) is 0.143. The van der Waals surface area contributed by atoms with Gasteiger partial charge in [-0.3, -0.25) is 4.68 Å². The molecule has 0 bridgehead atoms. The van der Waals surface area contributed by atoms with Crippen LogP contribution in [-0.4, -0.2) is 19.3 Å². The largest absolute Gasteiger partial charge is 2.00 e. The van der Waals surface area contributed by atoms with Crippen LogP contribution in [0.4, 0.5) is 13.2 Å². The van der Waals surface area contributed by atoms with Crippen LogP contribution in [0.25, 0.3) is 44.4 Å². The predicted octanol–water partition coefficient (Wildman–Crippen LogP) is 13.8. The van der Waals surface area contributed by atoms with E-state index in [0.29, 0.717) is 22.5 Å². The van der Waals surface area contributed by atoms with Gasteiger partial charge in [0, 0.05) is 34.2 Å². The van der Waals surface area contributed by atoms with Crippen molar-refractivity contribution in [3.63, 3.8) is 0 Å². The van der Waals surface area contributed by atoms with E-state index in [1.54, 1.807) is 4.57 Å². The Morgan fingerprint density at radius 2 is 1.40 bits per heavy atom. The van der Waals surface area contributed by atoms with Gasteiger partial charge in [-0.15, -0.1) is 41.3 Å². The molecule has 304 valence electrons. The van der Waals surface area contributed by atoms with E-state index < -0.39 is 11.7 Å². The third kappa shape index (κ3) is 8.14. The van der Waals surface area contributed by atoms with E-state index in [-0.39, 0.29) is 49.0 Å². The molecule has 3 heterocycles. The van der Waals surface area contributed by atoms with Crippen LogP contribution in [-0.2, 0) is 43.5 Å². The van der Waals surface area contributed by atoms with Crippen LogP contribution in [0.3, 0.4) is 0 Å². The van der Waals surface area contributed by atoms with Gasteiger partial charge in [0.1, 0.15) is 5.82 Å². The Morgan fingerprint density at radius 3 is 2.02 bits per heavy atom. The van der Waals surface area contributed by atoms with Crippen LogP contribution in [0.2, 0.25) is 0 Å². The second kappa shape index (κ2) is 15.5. The van der Waals surface area contributed by atoms with Gasteiger partial charge in [-0.25, -0.2) is 4.98 Å². The Hall–Kier alpha value is -4.68. The molecule has 9 heteroatoms. The van der Waals surface area contributed by atoms with Crippen LogP contribution in [0, 0.1) is 12.1 Å². The fourth-order valence-electron chi connectivity index (χ4n) is 7.37. The number of aromatic nitrogens is 4. The Labute approximate surface area is 354 Å². The number of para-hydroxylation sites is 1. The monoisotopic (exact) mass is 963 g/mol. The topological polar surface area (TPSA) is 44.9 Å². The van der Waals surface area contributed by atoms with Gasteiger partial charge in [-0.05, 0) is 63.6 Å². The molecule has 0 atom stereocenters. The SMILES string of the molecule is CCC(C)(C)c1c(-c2ccc(C(C)(C)C)cc2)c(C(C)C)nn1-c1[c-]c(Oc2[c-]c3c(cc2)c2ccccc2n3-c2cc(C(F)(F)F)ccn2)cc(C(C)(C)C)c1.[Pt+2]. The predicted molar refractivity (Wildman–Crippen MR) is 225 cm³/mol. The number of benzene rings is 4. The maximum Gasteiger partial charge on any atom is 2.00 e. The van der Waals surface area contributed by atoms with Crippen LogP contribution in [0.15, 0.2) is 91.1 Å². The first-order chi connectivity index (χ1) is 26.7. The first-order valence-corrected chi connectivity index (χ1v) is 19.7. The van der Waals surface area contributed by atoms with Gasteiger partial charge in [-0.1, -0.05) is 124 Å². The summed E-state index contributed by atoms with van der Waals surface area (Å²) in [6.45, 7) is 24.3. The van der Waals surface area contributed by atoms with E-state index in [1.165, 1.54) is 11.8 Å². The summed E-state index contributed by atoms with van der Waals surface area (Å²) < 4.78 is 52.0. The minimum Gasteiger partial charge on any atom is -0.509 e. The van der Waals surface area contributed by atoms with Gasteiger partial charge in [-0.2, -0.15) is 24.3 Å². The molecular formula is C49H51F3N4OPt. The van der Waals surface area contributed by atoms with Gasteiger partial charge in [0.15, 0.2) is 0 Å². The number of hydrogen-bond donors (Lipinski definition) is 0. The van der Waals surface area contributed by atoms with Crippen molar-refractivity contribution < 1.29 is 39.0 Å². The summed E-state index contributed by atoms with van der Waals surface area (Å²) >= 11 is 0. The number of hydrogen-bond acceptors (Lipinski definition) is 3. The normalized spacial score (nSPS) is 12.7. The number of rotatable bonds is 8. The Balaban J connectivity index is 0.00000567. The molecule has 0 N–H and O–H groups in total. The fourth-order valence-corrected chi connectivity index (χ4v) is 7.37. The number of alkyl halides is 3. The number of nitrogens with zero attached hydrogens (tertiary/aromatic N) is 4. The van der Waals surface area contributed by atoms with Crippen molar-refractivity contribution in [2.75, 3.05) is 0 Å². The molecule has 58 heavy (non-hydrogen) atoms. The van der Waals surface area contributed by atoms with E-state index in [4.69, 9.17) is 9.84 Å². The van der Waals surface area contributed by atoms with Crippen molar-refractivity contribution in [2.24, 2.45) is 0 Å². The molecule has 3 aromatic heterocycles. The van der Waals surface area contributed by atoms with Crippen LogP contribution in [0.1, 0.15) is 117 Å². The van der Waals surface area contributed by atoms with Crippen molar-refractivity contribution >= 4 is 21.8 Å². The maximum absolute atomic E-state index is 13.9. The molecule has 0 amide bonds. The van der Waals surface area contributed by atoms with Crippen molar-refractivity contribution in [1.29, 1.82) is 0 Å². The van der Waals surface area contributed by atoms with Gasteiger partial charge in [0.25, 0.3) is 0 Å². The molecule has 0 unspecified atom stereocenters. The summed E-state index contributed by atoms with van der Waals surface area (Å²) in [7, 11) is 0. The van der Waals surface area contributed by atoms with Gasteiger partial charge in [0.05, 0.1) is 17.0 Å².